The molecule has 0 saturated carbocycles. The van der Waals surface area contributed by atoms with Crippen LogP contribution in [-0.4, -0.2) is 11.5 Å². The van der Waals surface area contributed by atoms with Gasteiger partial charge in [0.25, 0.3) is 0 Å². The Labute approximate surface area is 120 Å². The molecule has 2 N–H and O–H groups in total. The number of hydrogen-bond donors (Lipinski definition) is 1. The number of benzene rings is 1. The SMILES string of the molecule is CCC(CN)c1sc(-c2ccccc2Br)nc1C. The fourth-order valence-corrected chi connectivity index (χ4v) is 3.90. The summed E-state index contributed by atoms with van der Waals surface area (Å²) in [5, 5.41) is 1.07. The molecule has 0 bridgehead atoms. The molecule has 0 amide bonds. The van der Waals surface area contributed by atoms with Crippen molar-refractivity contribution in [1.29, 1.82) is 0 Å². The van der Waals surface area contributed by atoms with Gasteiger partial charge in [-0.1, -0.05) is 41.1 Å². The van der Waals surface area contributed by atoms with Crippen LogP contribution in [0.1, 0.15) is 29.8 Å². The summed E-state index contributed by atoms with van der Waals surface area (Å²) < 4.78 is 1.09. The van der Waals surface area contributed by atoms with E-state index in [2.05, 4.69) is 35.8 Å². The van der Waals surface area contributed by atoms with Gasteiger partial charge in [-0.25, -0.2) is 4.98 Å². The molecule has 1 unspecified atom stereocenters. The highest BCUT2D eigenvalue weighted by atomic mass is 79.9. The summed E-state index contributed by atoms with van der Waals surface area (Å²) in [4.78, 5) is 6.02. The van der Waals surface area contributed by atoms with Crippen molar-refractivity contribution in [3.63, 3.8) is 0 Å². The normalized spacial score (nSPS) is 12.7. The van der Waals surface area contributed by atoms with Gasteiger partial charge in [-0.2, -0.15) is 0 Å². The molecule has 4 heteroatoms. The van der Waals surface area contributed by atoms with Crippen molar-refractivity contribution in [2.75, 3.05) is 6.54 Å². The van der Waals surface area contributed by atoms with E-state index in [1.165, 1.54) is 4.88 Å². The molecule has 1 heterocycles. The van der Waals surface area contributed by atoms with Crippen LogP contribution in [-0.2, 0) is 0 Å². The largest absolute Gasteiger partial charge is 0.330 e. The van der Waals surface area contributed by atoms with Gasteiger partial charge in [-0.05, 0) is 19.4 Å². The Morgan fingerprint density at radius 1 is 1.39 bits per heavy atom. The van der Waals surface area contributed by atoms with Gasteiger partial charge in [-0.15, -0.1) is 11.3 Å². The number of halogens is 1. The van der Waals surface area contributed by atoms with Gasteiger partial charge in [-0.3, -0.25) is 0 Å². The van der Waals surface area contributed by atoms with Gasteiger partial charge in [0.15, 0.2) is 0 Å². The number of nitrogens with two attached hydrogens (primary N) is 1. The van der Waals surface area contributed by atoms with Crippen molar-refractivity contribution in [2.45, 2.75) is 26.2 Å². The third kappa shape index (κ3) is 2.66. The Bertz CT molecular complexity index is 532. The van der Waals surface area contributed by atoms with E-state index in [0.29, 0.717) is 12.5 Å². The van der Waals surface area contributed by atoms with Crippen LogP contribution in [0.4, 0.5) is 0 Å². The molecule has 0 fully saturated rings. The fourth-order valence-electron chi connectivity index (χ4n) is 2.00. The Hall–Kier alpha value is -0.710. The fraction of sp³-hybridized carbons (Fsp3) is 0.357. The number of aromatic nitrogens is 1. The molecule has 2 aromatic rings. The summed E-state index contributed by atoms with van der Waals surface area (Å²) in [5.41, 5.74) is 8.10. The van der Waals surface area contributed by atoms with Crippen molar-refractivity contribution in [2.24, 2.45) is 5.73 Å². The van der Waals surface area contributed by atoms with Crippen LogP contribution in [0.3, 0.4) is 0 Å². The molecular weight excluding hydrogens is 308 g/mol. The second-order valence-electron chi connectivity index (χ2n) is 4.29. The highest BCUT2D eigenvalue weighted by molar-refractivity contribution is 9.10. The molecule has 2 rings (SSSR count). The van der Waals surface area contributed by atoms with Crippen molar-refractivity contribution in [1.82, 2.24) is 4.98 Å². The van der Waals surface area contributed by atoms with Gasteiger partial charge in [0.05, 0.1) is 5.69 Å². The van der Waals surface area contributed by atoms with Crippen LogP contribution in [0.2, 0.25) is 0 Å². The number of aryl methyl sites for hydroxylation is 1. The predicted molar refractivity (Wildman–Crippen MR) is 82.1 cm³/mol. The number of thiazole rings is 1. The van der Waals surface area contributed by atoms with Crippen molar-refractivity contribution >= 4 is 27.3 Å². The van der Waals surface area contributed by atoms with Crippen LogP contribution in [0, 0.1) is 6.92 Å². The maximum Gasteiger partial charge on any atom is 0.125 e. The van der Waals surface area contributed by atoms with E-state index < -0.39 is 0 Å². The lowest BCUT2D eigenvalue weighted by molar-refractivity contribution is 0.680. The topological polar surface area (TPSA) is 38.9 Å². The average molecular weight is 325 g/mol. The molecule has 2 nitrogen and oxygen atoms in total. The number of nitrogens with zero attached hydrogens (tertiary/aromatic N) is 1. The van der Waals surface area contributed by atoms with Crippen LogP contribution < -0.4 is 5.73 Å². The second kappa shape index (κ2) is 5.95. The molecule has 0 aliphatic carbocycles. The van der Waals surface area contributed by atoms with Gasteiger partial charge >= 0.3 is 0 Å². The lowest BCUT2D eigenvalue weighted by atomic mass is 10.0. The second-order valence-corrected chi connectivity index (χ2v) is 6.17. The third-order valence-corrected chi connectivity index (χ3v) is 5.13. The van der Waals surface area contributed by atoms with Gasteiger partial charge in [0, 0.05) is 27.4 Å². The summed E-state index contributed by atoms with van der Waals surface area (Å²) in [6, 6.07) is 8.20. The minimum absolute atomic E-state index is 0.429. The smallest absolute Gasteiger partial charge is 0.125 e. The highest BCUT2D eigenvalue weighted by Crippen LogP contribution is 2.36. The van der Waals surface area contributed by atoms with Crippen LogP contribution in [0.25, 0.3) is 10.6 Å². The van der Waals surface area contributed by atoms with Gasteiger partial charge in [0.1, 0.15) is 5.01 Å². The lowest BCUT2D eigenvalue weighted by Crippen LogP contribution is -2.11. The summed E-state index contributed by atoms with van der Waals surface area (Å²) >= 11 is 5.34. The predicted octanol–water partition coefficient (Wildman–Crippen LogP) is 4.33. The molecule has 0 aliphatic heterocycles. The first-order valence-electron chi connectivity index (χ1n) is 6.09. The van der Waals surface area contributed by atoms with Crippen LogP contribution >= 0.6 is 27.3 Å². The summed E-state index contributed by atoms with van der Waals surface area (Å²) in [7, 11) is 0. The molecule has 1 aromatic heterocycles. The molecule has 0 spiro atoms. The van der Waals surface area contributed by atoms with Crippen molar-refractivity contribution < 1.29 is 0 Å². The minimum atomic E-state index is 0.429. The van der Waals surface area contributed by atoms with E-state index in [0.717, 1.165) is 27.2 Å². The van der Waals surface area contributed by atoms with E-state index in [1.807, 2.05) is 18.2 Å². The molecular formula is C14H17BrN2S. The molecule has 1 atom stereocenters. The van der Waals surface area contributed by atoms with E-state index in [9.17, 15) is 0 Å². The summed E-state index contributed by atoms with van der Waals surface area (Å²) in [5.74, 6) is 0.429. The number of rotatable bonds is 4. The maximum atomic E-state index is 5.83. The first-order valence-corrected chi connectivity index (χ1v) is 7.70. The van der Waals surface area contributed by atoms with E-state index in [1.54, 1.807) is 11.3 Å². The zero-order valence-electron chi connectivity index (χ0n) is 10.6. The first-order chi connectivity index (χ1) is 8.67. The minimum Gasteiger partial charge on any atom is -0.330 e. The summed E-state index contributed by atoms with van der Waals surface area (Å²) in [6.07, 6.45) is 1.06. The number of hydrogen-bond acceptors (Lipinski definition) is 3. The summed E-state index contributed by atoms with van der Waals surface area (Å²) in [6.45, 7) is 4.94. The Kier molecular flexibility index (Phi) is 4.54. The van der Waals surface area contributed by atoms with E-state index in [-0.39, 0.29) is 0 Å². The molecule has 0 aliphatic rings. The van der Waals surface area contributed by atoms with Gasteiger partial charge in [0.2, 0.25) is 0 Å². The Morgan fingerprint density at radius 3 is 2.72 bits per heavy atom. The van der Waals surface area contributed by atoms with E-state index in [4.69, 9.17) is 10.7 Å². The first kappa shape index (κ1) is 13.7. The molecule has 0 radical (unpaired) electrons. The van der Waals surface area contributed by atoms with Gasteiger partial charge < -0.3 is 5.73 Å². The Balaban J connectivity index is 2.43. The zero-order chi connectivity index (χ0) is 13.1. The van der Waals surface area contributed by atoms with Crippen LogP contribution in [0.5, 0.6) is 0 Å². The van der Waals surface area contributed by atoms with Crippen molar-refractivity contribution in [3.05, 3.63) is 39.3 Å². The molecule has 96 valence electrons. The lowest BCUT2D eigenvalue weighted by Gasteiger charge is -2.09. The molecule has 18 heavy (non-hydrogen) atoms. The average Bonchev–Trinajstić information content (AvgIpc) is 2.74. The monoisotopic (exact) mass is 324 g/mol. The van der Waals surface area contributed by atoms with E-state index >= 15 is 0 Å². The maximum absolute atomic E-state index is 5.83. The Morgan fingerprint density at radius 2 is 2.11 bits per heavy atom. The standard InChI is InChI=1S/C14H17BrN2S/c1-3-10(8-16)13-9(2)17-14(18-13)11-6-4-5-7-12(11)15/h4-7,10H,3,8,16H2,1-2H3. The molecule has 0 saturated heterocycles. The third-order valence-electron chi connectivity index (χ3n) is 3.08. The highest BCUT2D eigenvalue weighted by Gasteiger charge is 2.17. The molecule has 1 aromatic carbocycles. The zero-order valence-corrected chi connectivity index (χ0v) is 13.0. The quantitative estimate of drug-likeness (QED) is 0.908. The van der Waals surface area contributed by atoms with Crippen molar-refractivity contribution in [3.8, 4) is 10.6 Å². The van der Waals surface area contributed by atoms with Crippen LogP contribution in [0.15, 0.2) is 28.7 Å².